The second-order valence-corrected chi connectivity index (χ2v) is 5.92. The SMILES string of the molecule is NCc1ccc(N2CCC(C(=O)NCCCC(=O)O)CC2)cc1. The molecular formula is C17H25N3O3. The van der Waals surface area contributed by atoms with Crippen LogP contribution >= 0.6 is 0 Å². The molecule has 6 nitrogen and oxygen atoms in total. The van der Waals surface area contributed by atoms with Crippen LogP contribution in [0.25, 0.3) is 0 Å². The van der Waals surface area contributed by atoms with Crippen LogP contribution in [0.15, 0.2) is 24.3 Å². The Morgan fingerprint density at radius 3 is 2.43 bits per heavy atom. The van der Waals surface area contributed by atoms with Crippen molar-refractivity contribution in [3.8, 4) is 0 Å². The van der Waals surface area contributed by atoms with Crippen molar-refractivity contribution < 1.29 is 14.7 Å². The molecule has 0 spiro atoms. The van der Waals surface area contributed by atoms with Crippen LogP contribution in [-0.4, -0.2) is 36.6 Å². The van der Waals surface area contributed by atoms with Crippen LogP contribution in [-0.2, 0) is 16.1 Å². The Labute approximate surface area is 136 Å². The molecule has 0 aromatic heterocycles. The van der Waals surface area contributed by atoms with E-state index in [1.807, 2.05) is 12.1 Å². The van der Waals surface area contributed by atoms with Gasteiger partial charge in [0.15, 0.2) is 0 Å². The number of hydrogen-bond donors (Lipinski definition) is 3. The van der Waals surface area contributed by atoms with Crippen LogP contribution in [0.1, 0.15) is 31.2 Å². The van der Waals surface area contributed by atoms with Crippen molar-refractivity contribution in [3.63, 3.8) is 0 Å². The molecule has 1 fully saturated rings. The van der Waals surface area contributed by atoms with Gasteiger partial charge in [0.25, 0.3) is 0 Å². The summed E-state index contributed by atoms with van der Waals surface area (Å²) >= 11 is 0. The second kappa shape index (κ2) is 8.53. The van der Waals surface area contributed by atoms with Gasteiger partial charge in [-0.1, -0.05) is 12.1 Å². The Hall–Kier alpha value is -2.08. The van der Waals surface area contributed by atoms with Gasteiger partial charge in [-0.2, -0.15) is 0 Å². The molecule has 2 rings (SSSR count). The Bertz CT molecular complexity index is 522. The smallest absolute Gasteiger partial charge is 0.303 e. The Kier molecular flexibility index (Phi) is 6.40. The predicted molar refractivity (Wildman–Crippen MR) is 89.1 cm³/mol. The second-order valence-electron chi connectivity index (χ2n) is 5.92. The molecule has 0 unspecified atom stereocenters. The van der Waals surface area contributed by atoms with Crippen molar-refractivity contribution in [3.05, 3.63) is 29.8 Å². The highest BCUT2D eigenvalue weighted by Crippen LogP contribution is 2.23. The van der Waals surface area contributed by atoms with Crippen LogP contribution < -0.4 is 16.0 Å². The molecule has 0 atom stereocenters. The number of aliphatic carboxylic acids is 1. The molecule has 1 heterocycles. The molecule has 1 aliphatic rings. The van der Waals surface area contributed by atoms with Crippen LogP contribution in [0, 0.1) is 5.92 Å². The van der Waals surface area contributed by atoms with E-state index in [-0.39, 0.29) is 18.2 Å². The maximum Gasteiger partial charge on any atom is 0.303 e. The number of carboxylic acids is 1. The quantitative estimate of drug-likeness (QED) is 0.659. The minimum atomic E-state index is -0.826. The minimum absolute atomic E-state index is 0.0272. The van der Waals surface area contributed by atoms with Crippen molar-refractivity contribution in [1.29, 1.82) is 0 Å². The first-order valence-electron chi connectivity index (χ1n) is 8.13. The fraction of sp³-hybridized carbons (Fsp3) is 0.529. The summed E-state index contributed by atoms with van der Waals surface area (Å²) in [5.41, 5.74) is 7.89. The zero-order valence-corrected chi connectivity index (χ0v) is 13.3. The number of nitrogens with two attached hydrogens (primary N) is 1. The van der Waals surface area contributed by atoms with Gasteiger partial charge >= 0.3 is 5.97 Å². The minimum Gasteiger partial charge on any atom is -0.481 e. The third kappa shape index (κ3) is 5.25. The molecular weight excluding hydrogens is 294 g/mol. The predicted octanol–water partition coefficient (Wildman–Crippen LogP) is 1.34. The Morgan fingerprint density at radius 2 is 1.87 bits per heavy atom. The van der Waals surface area contributed by atoms with E-state index in [0.29, 0.717) is 19.5 Å². The summed E-state index contributed by atoms with van der Waals surface area (Å²) in [6, 6.07) is 8.23. The number of piperidine rings is 1. The molecule has 1 saturated heterocycles. The molecule has 6 heteroatoms. The van der Waals surface area contributed by atoms with Crippen molar-refractivity contribution in [1.82, 2.24) is 5.32 Å². The Balaban J connectivity index is 1.74. The van der Waals surface area contributed by atoms with Crippen molar-refractivity contribution >= 4 is 17.6 Å². The van der Waals surface area contributed by atoms with E-state index < -0.39 is 5.97 Å². The topological polar surface area (TPSA) is 95.7 Å². The summed E-state index contributed by atoms with van der Waals surface area (Å²) in [4.78, 5) is 24.8. The van der Waals surface area contributed by atoms with E-state index in [1.165, 1.54) is 5.69 Å². The highest BCUT2D eigenvalue weighted by atomic mass is 16.4. The molecule has 4 N–H and O–H groups in total. The number of anilines is 1. The van der Waals surface area contributed by atoms with E-state index in [0.717, 1.165) is 31.5 Å². The number of carbonyl (C=O) groups is 2. The molecule has 1 aromatic rings. The summed E-state index contributed by atoms with van der Waals surface area (Å²) in [5.74, 6) is -0.749. The highest BCUT2D eigenvalue weighted by Gasteiger charge is 2.24. The van der Waals surface area contributed by atoms with Crippen molar-refractivity contribution in [2.75, 3.05) is 24.5 Å². The van der Waals surface area contributed by atoms with E-state index in [2.05, 4.69) is 22.3 Å². The van der Waals surface area contributed by atoms with E-state index in [1.54, 1.807) is 0 Å². The van der Waals surface area contributed by atoms with E-state index >= 15 is 0 Å². The van der Waals surface area contributed by atoms with Crippen LogP contribution in [0.4, 0.5) is 5.69 Å². The zero-order chi connectivity index (χ0) is 16.7. The average Bonchev–Trinajstić information content (AvgIpc) is 2.58. The summed E-state index contributed by atoms with van der Waals surface area (Å²) in [7, 11) is 0. The van der Waals surface area contributed by atoms with Crippen molar-refractivity contribution in [2.24, 2.45) is 11.7 Å². The van der Waals surface area contributed by atoms with Gasteiger partial charge < -0.3 is 21.1 Å². The third-order valence-corrected chi connectivity index (χ3v) is 4.27. The Morgan fingerprint density at radius 1 is 1.22 bits per heavy atom. The maximum atomic E-state index is 12.1. The number of hydrogen-bond acceptors (Lipinski definition) is 4. The maximum absolute atomic E-state index is 12.1. The van der Waals surface area contributed by atoms with Crippen LogP contribution in [0.3, 0.4) is 0 Å². The number of nitrogens with zero attached hydrogens (tertiary/aromatic N) is 1. The lowest BCUT2D eigenvalue weighted by molar-refractivity contribution is -0.137. The van der Waals surface area contributed by atoms with Gasteiger partial charge in [-0.25, -0.2) is 0 Å². The number of carboxylic acid groups (broad SMARTS) is 1. The summed E-state index contributed by atoms with van der Waals surface area (Å²) in [6.45, 7) is 2.70. The van der Waals surface area contributed by atoms with Crippen LogP contribution in [0.2, 0.25) is 0 Å². The van der Waals surface area contributed by atoms with E-state index in [9.17, 15) is 9.59 Å². The van der Waals surface area contributed by atoms with Gasteiger partial charge in [-0.05, 0) is 37.0 Å². The first-order valence-corrected chi connectivity index (χ1v) is 8.13. The normalized spacial score (nSPS) is 15.4. The summed E-state index contributed by atoms with van der Waals surface area (Å²) in [5, 5.41) is 11.4. The molecule has 1 amide bonds. The van der Waals surface area contributed by atoms with Gasteiger partial charge in [-0.15, -0.1) is 0 Å². The highest BCUT2D eigenvalue weighted by molar-refractivity contribution is 5.79. The molecule has 0 aliphatic carbocycles. The van der Waals surface area contributed by atoms with Gasteiger partial charge in [0.05, 0.1) is 0 Å². The largest absolute Gasteiger partial charge is 0.481 e. The number of carbonyl (C=O) groups excluding carboxylic acids is 1. The van der Waals surface area contributed by atoms with Crippen molar-refractivity contribution in [2.45, 2.75) is 32.2 Å². The summed E-state index contributed by atoms with van der Waals surface area (Å²) in [6.07, 6.45) is 2.22. The van der Waals surface area contributed by atoms with Crippen LogP contribution in [0.5, 0.6) is 0 Å². The average molecular weight is 319 g/mol. The molecule has 0 radical (unpaired) electrons. The number of rotatable bonds is 7. The fourth-order valence-electron chi connectivity index (χ4n) is 2.84. The molecule has 126 valence electrons. The summed E-state index contributed by atoms with van der Waals surface area (Å²) < 4.78 is 0. The molecule has 1 aromatic carbocycles. The first kappa shape index (κ1) is 17.3. The number of amides is 1. The molecule has 0 bridgehead atoms. The first-order chi connectivity index (χ1) is 11.1. The monoisotopic (exact) mass is 319 g/mol. The number of benzene rings is 1. The zero-order valence-electron chi connectivity index (χ0n) is 13.3. The van der Waals surface area contributed by atoms with Gasteiger partial charge in [0.1, 0.15) is 0 Å². The lowest BCUT2D eigenvalue weighted by atomic mass is 9.95. The fourth-order valence-corrected chi connectivity index (χ4v) is 2.84. The lowest BCUT2D eigenvalue weighted by Gasteiger charge is -2.33. The van der Waals surface area contributed by atoms with Gasteiger partial charge in [0, 0.05) is 44.2 Å². The van der Waals surface area contributed by atoms with Gasteiger partial charge in [-0.3, -0.25) is 9.59 Å². The number of nitrogens with one attached hydrogen (secondary N) is 1. The molecule has 1 aliphatic heterocycles. The molecule has 23 heavy (non-hydrogen) atoms. The lowest BCUT2D eigenvalue weighted by Crippen LogP contribution is -2.40. The van der Waals surface area contributed by atoms with E-state index in [4.69, 9.17) is 10.8 Å². The third-order valence-electron chi connectivity index (χ3n) is 4.27. The standard InChI is InChI=1S/C17H25N3O3/c18-12-13-3-5-15(6-4-13)20-10-7-14(8-11-20)17(23)19-9-1-2-16(21)22/h3-6,14H,1-2,7-12,18H2,(H,19,23)(H,21,22). The molecule has 0 saturated carbocycles. The van der Waals surface area contributed by atoms with Gasteiger partial charge in [0.2, 0.25) is 5.91 Å².